The summed E-state index contributed by atoms with van der Waals surface area (Å²) in [5.41, 5.74) is 2.01. The SMILES string of the molecule is Cc1ccc(NC(=O)C(C)N2CCN(C(C#N)c3ccccc3)CC2)cc1F. The second-order valence-electron chi connectivity index (χ2n) is 7.14. The molecule has 146 valence electrons. The molecule has 2 aromatic carbocycles. The van der Waals surface area contributed by atoms with E-state index in [2.05, 4.69) is 21.2 Å². The highest BCUT2D eigenvalue weighted by molar-refractivity contribution is 5.94. The van der Waals surface area contributed by atoms with Crippen LogP contribution >= 0.6 is 0 Å². The molecule has 1 amide bonds. The normalized spacial score (nSPS) is 17.5. The van der Waals surface area contributed by atoms with Gasteiger partial charge in [-0.15, -0.1) is 0 Å². The Balaban J connectivity index is 1.57. The molecule has 1 saturated heterocycles. The van der Waals surface area contributed by atoms with Crippen LogP contribution in [0.15, 0.2) is 48.5 Å². The largest absolute Gasteiger partial charge is 0.325 e. The van der Waals surface area contributed by atoms with Crippen molar-refractivity contribution < 1.29 is 9.18 Å². The van der Waals surface area contributed by atoms with Gasteiger partial charge in [-0.05, 0) is 37.1 Å². The minimum atomic E-state index is -0.331. The maximum absolute atomic E-state index is 13.7. The Bertz CT molecular complexity index is 857. The molecule has 2 unspecified atom stereocenters. The first kappa shape index (κ1) is 20.0. The van der Waals surface area contributed by atoms with Crippen molar-refractivity contribution in [2.45, 2.75) is 25.9 Å². The van der Waals surface area contributed by atoms with Crippen LogP contribution < -0.4 is 5.32 Å². The molecule has 6 heteroatoms. The highest BCUT2D eigenvalue weighted by Gasteiger charge is 2.29. The molecule has 1 aliphatic rings. The lowest BCUT2D eigenvalue weighted by atomic mass is 10.1. The standard InChI is InChI=1S/C22H25FN4O/c1-16-8-9-19(14-20(16)23)25-22(28)17(2)26-10-12-27(13-11-26)21(15-24)18-6-4-3-5-7-18/h3-9,14,17,21H,10-13H2,1-2H3,(H,25,28). The van der Waals surface area contributed by atoms with Crippen LogP contribution in [-0.4, -0.2) is 47.9 Å². The lowest BCUT2D eigenvalue weighted by Gasteiger charge is -2.39. The summed E-state index contributed by atoms with van der Waals surface area (Å²) in [5, 5.41) is 12.4. The number of rotatable bonds is 5. The number of halogens is 1. The van der Waals surface area contributed by atoms with Crippen LogP contribution in [0, 0.1) is 24.1 Å². The summed E-state index contributed by atoms with van der Waals surface area (Å²) in [6.45, 7) is 6.36. The van der Waals surface area contributed by atoms with E-state index in [0.717, 1.165) is 5.56 Å². The molecule has 0 aromatic heterocycles. The fourth-order valence-corrected chi connectivity index (χ4v) is 3.47. The topological polar surface area (TPSA) is 59.4 Å². The van der Waals surface area contributed by atoms with Gasteiger partial charge in [0.25, 0.3) is 0 Å². The van der Waals surface area contributed by atoms with Crippen LogP contribution in [0.4, 0.5) is 10.1 Å². The number of piperazine rings is 1. The minimum Gasteiger partial charge on any atom is -0.325 e. The Kier molecular flexibility index (Phi) is 6.40. The molecule has 1 aliphatic heterocycles. The van der Waals surface area contributed by atoms with Crippen molar-refractivity contribution in [3.05, 3.63) is 65.5 Å². The molecule has 0 bridgehead atoms. The summed E-state index contributed by atoms with van der Waals surface area (Å²) >= 11 is 0. The highest BCUT2D eigenvalue weighted by atomic mass is 19.1. The highest BCUT2D eigenvalue weighted by Crippen LogP contribution is 2.22. The zero-order valence-corrected chi connectivity index (χ0v) is 16.2. The monoisotopic (exact) mass is 380 g/mol. The van der Waals surface area contributed by atoms with E-state index >= 15 is 0 Å². The fourth-order valence-electron chi connectivity index (χ4n) is 3.47. The molecule has 0 spiro atoms. The van der Waals surface area contributed by atoms with Crippen molar-refractivity contribution in [2.75, 3.05) is 31.5 Å². The van der Waals surface area contributed by atoms with Crippen molar-refractivity contribution in [2.24, 2.45) is 0 Å². The number of carbonyl (C=O) groups is 1. The maximum Gasteiger partial charge on any atom is 0.241 e. The third-order valence-corrected chi connectivity index (χ3v) is 5.32. The molecule has 0 radical (unpaired) electrons. The summed E-state index contributed by atoms with van der Waals surface area (Å²) in [7, 11) is 0. The number of carbonyl (C=O) groups excluding carboxylic acids is 1. The van der Waals surface area contributed by atoms with Crippen LogP contribution in [0.25, 0.3) is 0 Å². The smallest absolute Gasteiger partial charge is 0.241 e. The van der Waals surface area contributed by atoms with Gasteiger partial charge in [0.1, 0.15) is 11.9 Å². The number of hydrogen-bond acceptors (Lipinski definition) is 4. The number of nitriles is 1. The molecule has 28 heavy (non-hydrogen) atoms. The molecule has 1 heterocycles. The van der Waals surface area contributed by atoms with Gasteiger partial charge in [0.15, 0.2) is 0 Å². The number of benzene rings is 2. The van der Waals surface area contributed by atoms with E-state index in [1.807, 2.05) is 37.3 Å². The Morgan fingerprint density at radius 1 is 1.11 bits per heavy atom. The third-order valence-electron chi connectivity index (χ3n) is 5.32. The molecular formula is C22H25FN4O. The van der Waals surface area contributed by atoms with E-state index in [1.165, 1.54) is 6.07 Å². The van der Waals surface area contributed by atoms with Gasteiger partial charge >= 0.3 is 0 Å². The third kappa shape index (κ3) is 4.56. The Labute approximate surface area is 165 Å². The van der Waals surface area contributed by atoms with E-state index in [0.29, 0.717) is 37.4 Å². The van der Waals surface area contributed by atoms with Gasteiger partial charge in [-0.25, -0.2) is 4.39 Å². The fraction of sp³-hybridized carbons (Fsp3) is 0.364. The van der Waals surface area contributed by atoms with E-state index in [9.17, 15) is 14.4 Å². The average molecular weight is 380 g/mol. The number of hydrogen-bond donors (Lipinski definition) is 1. The van der Waals surface area contributed by atoms with Crippen molar-refractivity contribution >= 4 is 11.6 Å². The lowest BCUT2D eigenvalue weighted by molar-refractivity contribution is -0.121. The summed E-state index contributed by atoms with van der Waals surface area (Å²) in [4.78, 5) is 16.8. The molecule has 0 aliphatic carbocycles. The van der Waals surface area contributed by atoms with Crippen LogP contribution in [0.3, 0.4) is 0 Å². The second-order valence-corrected chi connectivity index (χ2v) is 7.14. The van der Waals surface area contributed by atoms with Crippen LogP contribution in [-0.2, 0) is 4.79 Å². The van der Waals surface area contributed by atoms with Gasteiger partial charge in [-0.2, -0.15) is 5.26 Å². The van der Waals surface area contributed by atoms with Gasteiger partial charge in [-0.1, -0.05) is 36.4 Å². The van der Waals surface area contributed by atoms with Crippen LogP contribution in [0.5, 0.6) is 0 Å². The maximum atomic E-state index is 13.7. The van der Waals surface area contributed by atoms with Crippen molar-refractivity contribution in [3.63, 3.8) is 0 Å². The van der Waals surface area contributed by atoms with E-state index in [1.54, 1.807) is 19.1 Å². The second kappa shape index (κ2) is 8.96. The molecular weight excluding hydrogens is 355 g/mol. The van der Waals surface area contributed by atoms with Gasteiger partial charge in [0.2, 0.25) is 5.91 Å². The van der Waals surface area contributed by atoms with Gasteiger partial charge < -0.3 is 5.32 Å². The number of nitrogens with zero attached hydrogens (tertiary/aromatic N) is 3. The number of anilines is 1. The first-order valence-corrected chi connectivity index (χ1v) is 9.49. The Morgan fingerprint density at radius 3 is 2.36 bits per heavy atom. The first-order chi connectivity index (χ1) is 13.5. The molecule has 1 fully saturated rings. The van der Waals surface area contributed by atoms with E-state index in [4.69, 9.17) is 0 Å². The quantitative estimate of drug-likeness (QED) is 0.864. The summed E-state index contributed by atoms with van der Waals surface area (Å²) in [5.74, 6) is -0.487. The Morgan fingerprint density at radius 2 is 1.75 bits per heavy atom. The van der Waals surface area contributed by atoms with E-state index in [-0.39, 0.29) is 23.8 Å². The van der Waals surface area contributed by atoms with Crippen molar-refractivity contribution in [3.8, 4) is 6.07 Å². The molecule has 2 atom stereocenters. The van der Waals surface area contributed by atoms with Crippen LogP contribution in [0.2, 0.25) is 0 Å². The first-order valence-electron chi connectivity index (χ1n) is 9.49. The number of aryl methyl sites for hydroxylation is 1. The summed E-state index contributed by atoms with van der Waals surface area (Å²) in [6.07, 6.45) is 0. The molecule has 3 rings (SSSR count). The molecule has 2 aromatic rings. The predicted octanol–water partition coefficient (Wildman–Crippen LogP) is 3.34. The van der Waals surface area contributed by atoms with Gasteiger partial charge in [0, 0.05) is 31.9 Å². The number of nitrogens with one attached hydrogen (secondary N) is 1. The summed E-state index contributed by atoms with van der Waals surface area (Å²) < 4.78 is 13.7. The van der Waals surface area contributed by atoms with Crippen LogP contribution in [0.1, 0.15) is 24.1 Å². The van der Waals surface area contributed by atoms with Crippen molar-refractivity contribution in [1.29, 1.82) is 5.26 Å². The van der Waals surface area contributed by atoms with E-state index < -0.39 is 0 Å². The molecule has 0 saturated carbocycles. The average Bonchev–Trinajstić information content (AvgIpc) is 2.72. The molecule has 1 N–H and O–H groups in total. The van der Waals surface area contributed by atoms with Gasteiger partial charge in [-0.3, -0.25) is 14.6 Å². The zero-order chi connectivity index (χ0) is 20.1. The number of amides is 1. The lowest BCUT2D eigenvalue weighted by Crippen LogP contribution is -2.53. The molecule has 5 nitrogen and oxygen atoms in total. The van der Waals surface area contributed by atoms with Gasteiger partial charge in [0.05, 0.1) is 12.1 Å². The zero-order valence-electron chi connectivity index (χ0n) is 16.2. The summed E-state index contributed by atoms with van der Waals surface area (Å²) in [6, 6.07) is 16.2. The predicted molar refractivity (Wildman–Crippen MR) is 107 cm³/mol. The Hall–Kier alpha value is -2.75. The minimum absolute atomic E-state index is 0.156. The van der Waals surface area contributed by atoms with Crippen molar-refractivity contribution in [1.82, 2.24) is 9.80 Å².